The highest BCUT2D eigenvalue weighted by atomic mass is 16.1. The lowest BCUT2D eigenvalue weighted by Crippen LogP contribution is -1.75. The maximum Gasteiger partial charge on any atom is 0.142 e. The minimum atomic E-state index is 0.818. The van der Waals surface area contributed by atoms with E-state index in [0.717, 1.165) is 24.7 Å². The average molecular weight is 124 g/mol. The van der Waals surface area contributed by atoms with Crippen molar-refractivity contribution in [3.8, 4) is 0 Å². The molecule has 0 unspecified atom stereocenters. The fourth-order valence-electron chi connectivity index (χ4n) is 0.529. The Labute approximate surface area is 56.1 Å². The van der Waals surface area contributed by atoms with Crippen molar-refractivity contribution in [1.82, 2.24) is 0 Å². The minimum absolute atomic E-state index is 0.818. The molecular weight excluding hydrogens is 112 g/mol. The van der Waals surface area contributed by atoms with E-state index >= 15 is 0 Å². The van der Waals surface area contributed by atoms with Crippen LogP contribution in [0.5, 0.6) is 0 Å². The van der Waals surface area contributed by atoms with Crippen LogP contribution in [0.1, 0.15) is 19.8 Å². The lowest BCUT2D eigenvalue weighted by molar-refractivity contribution is -0.104. The molecule has 50 valence electrons. The van der Waals surface area contributed by atoms with Crippen LogP contribution in [0.2, 0.25) is 0 Å². The van der Waals surface area contributed by atoms with E-state index in [1.54, 1.807) is 6.08 Å². The third-order valence-corrected chi connectivity index (χ3v) is 1.10. The molecule has 9 heavy (non-hydrogen) atoms. The molecule has 0 amide bonds. The second-order valence-electron chi connectivity index (χ2n) is 1.98. The molecule has 0 spiro atoms. The van der Waals surface area contributed by atoms with E-state index in [-0.39, 0.29) is 0 Å². The number of carbonyl (C=O) groups excluding carboxylic acids is 1. The van der Waals surface area contributed by atoms with Crippen LogP contribution in [0, 0.1) is 0 Å². The molecule has 0 N–H and O–H groups in total. The number of hydrogen-bond acceptors (Lipinski definition) is 1. The van der Waals surface area contributed by atoms with E-state index in [2.05, 4.69) is 6.58 Å². The zero-order valence-corrected chi connectivity index (χ0v) is 5.76. The first-order valence-corrected chi connectivity index (χ1v) is 3.03. The Bertz CT molecular complexity index is 123. The second kappa shape index (κ2) is 5.29. The number of carbonyl (C=O) groups is 1. The van der Waals surface area contributed by atoms with Gasteiger partial charge in [0, 0.05) is 0 Å². The number of rotatable bonds is 4. The third kappa shape index (κ3) is 5.01. The second-order valence-corrected chi connectivity index (χ2v) is 1.98. The van der Waals surface area contributed by atoms with E-state index in [9.17, 15) is 4.79 Å². The first-order chi connectivity index (χ1) is 4.31. The lowest BCUT2D eigenvalue weighted by atomic mass is 10.1. The molecule has 1 nitrogen and oxygen atoms in total. The summed E-state index contributed by atoms with van der Waals surface area (Å²) in [4.78, 5) is 9.88. The van der Waals surface area contributed by atoms with Crippen LogP contribution in [0.3, 0.4) is 0 Å². The molecule has 0 aromatic heterocycles. The van der Waals surface area contributed by atoms with Gasteiger partial charge in [-0.1, -0.05) is 11.6 Å². The fourth-order valence-corrected chi connectivity index (χ4v) is 0.529. The zero-order chi connectivity index (χ0) is 7.11. The summed E-state index contributed by atoms with van der Waals surface area (Å²) in [6, 6.07) is 0. The normalized spacial score (nSPS) is 11.0. The van der Waals surface area contributed by atoms with Crippen LogP contribution in [-0.2, 0) is 4.79 Å². The summed E-state index contributed by atoms with van der Waals surface area (Å²) in [5.74, 6) is 0. The molecule has 0 aliphatic rings. The first kappa shape index (κ1) is 8.15. The molecule has 0 rings (SSSR count). The van der Waals surface area contributed by atoms with E-state index in [4.69, 9.17) is 0 Å². The van der Waals surface area contributed by atoms with Gasteiger partial charge in [0.05, 0.1) is 0 Å². The molecule has 0 aromatic carbocycles. The van der Waals surface area contributed by atoms with Crippen LogP contribution in [-0.4, -0.2) is 6.29 Å². The van der Waals surface area contributed by atoms with Gasteiger partial charge in [-0.2, -0.15) is 0 Å². The summed E-state index contributed by atoms with van der Waals surface area (Å²) in [6.07, 6.45) is 6.16. The Kier molecular flexibility index (Phi) is 4.79. The Morgan fingerprint density at radius 3 is 2.78 bits per heavy atom. The average Bonchev–Trinajstić information content (AvgIpc) is 1.85. The predicted molar refractivity (Wildman–Crippen MR) is 39.3 cm³/mol. The van der Waals surface area contributed by atoms with Gasteiger partial charge in [0.25, 0.3) is 0 Å². The number of aldehydes is 1. The van der Waals surface area contributed by atoms with Crippen LogP contribution in [0.4, 0.5) is 0 Å². The molecule has 0 atom stereocenters. The molecule has 0 radical (unpaired) electrons. The van der Waals surface area contributed by atoms with Gasteiger partial charge in [-0.25, -0.2) is 0 Å². The van der Waals surface area contributed by atoms with Gasteiger partial charge in [-0.05, 0) is 25.8 Å². The number of allylic oxidation sites excluding steroid dienone is 3. The highest BCUT2D eigenvalue weighted by Gasteiger charge is 1.83. The Hall–Kier alpha value is -0.850. The highest BCUT2D eigenvalue weighted by Crippen LogP contribution is 2.01. The Balaban J connectivity index is 3.47. The lowest BCUT2D eigenvalue weighted by Gasteiger charge is -1.91. The smallest absolute Gasteiger partial charge is 0.142 e. The summed E-state index contributed by atoms with van der Waals surface area (Å²) in [5, 5.41) is 0. The SMILES string of the molecule is C=CCC/C(C)=C\C=O. The van der Waals surface area contributed by atoms with Gasteiger partial charge in [-0.15, -0.1) is 6.58 Å². The van der Waals surface area contributed by atoms with Crippen molar-refractivity contribution >= 4 is 6.29 Å². The van der Waals surface area contributed by atoms with Gasteiger partial charge < -0.3 is 0 Å². The molecule has 0 aromatic rings. The van der Waals surface area contributed by atoms with Gasteiger partial charge in [-0.3, -0.25) is 4.79 Å². The van der Waals surface area contributed by atoms with Gasteiger partial charge in [0.1, 0.15) is 6.29 Å². The molecule has 0 aliphatic carbocycles. The largest absolute Gasteiger partial charge is 0.299 e. The van der Waals surface area contributed by atoms with E-state index in [1.807, 2.05) is 13.0 Å². The van der Waals surface area contributed by atoms with Crippen LogP contribution in [0.15, 0.2) is 24.3 Å². The molecular formula is C8H12O. The van der Waals surface area contributed by atoms with Gasteiger partial charge in [0.15, 0.2) is 0 Å². The standard InChI is InChI=1S/C8H12O/c1-3-4-5-8(2)6-7-9/h3,6-7H,1,4-5H2,2H3/b8-6-. The monoisotopic (exact) mass is 124 g/mol. The van der Waals surface area contributed by atoms with Crippen molar-refractivity contribution in [2.45, 2.75) is 19.8 Å². The molecule has 0 fully saturated rings. The molecule has 0 aliphatic heterocycles. The third-order valence-electron chi connectivity index (χ3n) is 1.10. The van der Waals surface area contributed by atoms with Crippen molar-refractivity contribution in [1.29, 1.82) is 0 Å². The highest BCUT2D eigenvalue weighted by molar-refractivity contribution is 5.65. The summed E-state index contributed by atoms with van der Waals surface area (Å²) in [6.45, 7) is 5.52. The maximum absolute atomic E-state index is 9.88. The summed E-state index contributed by atoms with van der Waals surface area (Å²) in [7, 11) is 0. The van der Waals surface area contributed by atoms with Crippen molar-refractivity contribution < 1.29 is 4.79 Å². The predicted octanol–water partition coefficient (Wildman–Crippen LogP) is 2.10. The Morgan fingerprint density at radius 2 is 2.33 bits per heavy atom. The van der Waals surface area contributed by atoms with E-state index < -0.39 is 0 Å². The van der Waals surface area contributed by atoms with Crippen molar-refractivity contribution in [2.75, 3.05) is 0 Å². The topological polar surface area (TPSA) is 17.1 Å². The molecule has 1 heteroatoms. The van der Waals surface area contributed by atoms with Crippen LogP contribution in [0.25, 0.3) is 0 Å². The zero-order valence-electron chi connectivity index (χ0n) is 5.76. The van der Waals surface area contributed by atoms with Gasteiger partial charge in [0.2, 0.25) is 0 Å². The van der Waals surface area contributed by atoms with Crippen molar-refractivity contribution in [3.05, 3.63) is 24.3 Å². The van der Waals surface area contributed by atoms with Crippen molar-refractivity contribution in [2.24, 2.45) is 0 Å². The van der Waals surface area contributed by atoms with Crippen LogP contribution >= 0.6 is 0 Å². The van der Waals surface area contributed by atoms with Crippen molar-refractivity contribution in [3.63, 3.8) is 0 Å². The molecule has 0 saturated carbocycles. The summed E-state index contributed by atoms with van der Waals surface area (Å²) >= 11 is 0. The summed E-state index contributed by atoms with van der Waals surface area (Å²) < 4.78 is 0. The first-order valence-electron chi connectivity index (χ1n) is 3.03. The van der Waals surface area contributed by atoms with Crippen LogP contribution < -0.4 is 0 Å². The molecule has 0 bridgehead atoms. The molecule has 0 saturated heterocycles. The van der Waals surface area contributed by atoms with E-state index in [1.165, 1.54) is 0 Å². The quantitative estimate of drug-likeness (QED) is 0.318. The minimum Gasteiger partial charge on any atom is -0.299 e. The van der Waals surface area contributed by atoms with E-state index in [0.29, 0.717) is 0 Å². The summed E-state index contributed by atoms with van der Waals surface area (Å²) in [5.41, 5.74) is 1.12. The van der Waals surface area contributed by atoms with Gasteiger partial charge >= 0.3 is 0 Å². The maximum atomic E-state index is 9.88. The Morgan fingerprint density at radius 1 is 1.67 bits per heavy atom. The fraction of sp³-hybridized carbons (Fsp3) is 0.375. The molecule has 0 heterocycles. The number of hydrogen-bond donors (Lipinski definition) is 0.